The Bertz CT molecular complexity index is 323. The predicted molar refractivity (Wildman–Crippen MR) is 64.6 cm³/mol. The van der Waals surface area contributed by atoms with Crippen LogP contribution in [0.1, 0.15) is 53.4 Å². The zero-order valence-electron chi connectivity index (χ0n) is 10.6. The highest BCUT2D eigenvalue weighted by atomic mass is 14.7. The molecule has 0 heteroatoms. The molecule has 0 aliphatic heterocycles. The average Bonchev–Trinajstić information content (AvgIpc) is 2.61. The molecule has 0 aromatic carbocycles. The van der Waals surface area contributed by atoms with E-state index in [1.165, 1.54) is 25.7 Å². The van der Waals surface area contributed by atoms with Gasteiger partial charge in [-0.15, -0.1) is 0 Å². The molecular formula is C15H24. The van der Waals surface area contributed by atoms with Crippen molar-refractivity contribution in [3.63, 3.8) is 0 Å². The zero-order valence-corrected chi connectivity index (χ0v) is 10.6. The maximum absolute atomic E-state index is 2.63. The van der Waals surface area contributed by atoms with Crippen molar-refractivity contribution in [1.82, 2.24) is 0 Å². The highest BCUT2D eigenvalue weighted by Gasteiger charge is 2.61. The van der Waals surface area contributed by atoms with E-state index in [2.05, 4.69) is 33.8 Å². The largest absolute Gasteiger partial charge is 0.0816 e. The van der Waals surface area contributed by atoms with Crippen molar-refractivity contribution in [2.45, 2.75) is 53.4 Å². The average molecular weight is 204 g/mol. The molecule has 2 fully saturated rings. The fourth-order valence-electron chi connectivity index (χ4n) is 5.34. The summed E-state index contributed by atoms with van der Waals surface area (Å²) in [5, 5.41) is 0. The number of hydrogen-bond donors (Lipinski definition) is 0. The van der Waals surface area contributed by atoms with Gasteiger partial charge in [-0.3, -0.25) is 0 Å². The van der Waals surface area contributed by atoms with Crippen molar-refractivity contribution in [2.75, 3.05) is 0 Å². The molecule has 1 unspecified atom stereocenters. The lowest BCUT2D eigenvalue weighted by atomic mass is 9.67. The van der Waals surface area contributed by atoms with Crippen molar-refractivity contribution in [3.05, 3.63) is 11.6 Å². The Labute approximate surface area is 94.1 Å². The van der Waals surface area contributed by atoms with Gasteiger partial charge in [-0.1, -0.05) is 32.4 Å². The van der Waals surface area contributed by atoms with E-state index >= 15 is 0 Å². The van der Waals surface area contributed by atoms with Gasteiger partial charge in [0.15, 0.2) is 0 Å². The first-order chi connectivity index (χ1) is 6.96. The SMILES string of the molecule is CC1=CC2CC(C)(C)C[C@@]23[C@H](C)CC[C@@H]13. The maximum Gasteiger partial charge on any atom is -0.0138 e. The molecular weight excluding hydrogens is 180 g/mol. The molecule has 3 aliphatic carbocycles. The summed E-state index contributed by atoms with van der Waals surface area (Å²) in [4.78, 5) is 0. The second-order valence-corrected chi connectivity index (χ2v) is 7.21. The zero-order chi connectivity index (χ0) is 10.8. The van der Waals surface area contributed by atoms with Gasteiger partial charge in [0.05, 0.1) is 0 Å². The van der Waals surface area contributed by atoms with Crippen LogP contribution in [0, 0.1) is 28.6 Å². The second-order valence-electron chi connectivity index (χ2n) is 7.21. The van der Waals surface area contributed by atoms with E-state index < -0.39 is 0 Å². The smallest absolute Gasteiger partial charge is 0.0138 e. The quantitative estimate of drug-likeness (QED) is 0.513. The van der Waals surface area contributed by atoms with Crippen molar-refractivity contribution in [2.24, 2.45) is 28.6 Å². The summed E-state index contributed by atoms with van der Waals surface area (Å²) in [5.41, 5.74) is 3.01. The fourth-order valence-corrected chi connectivity index (χ4v) is 5.34. The minimum Gasteiger partial charge on any atom is -0.0816 e. The Balaban J connectivity index is 2.05. The van der Waals surface area contributed by atoms with Gasteiger partial charge in [0.2, 0.25) is 0 Å². The molecule has 84 valence electrons. The molecule has 3 aliphatic rings. The van der Waals surface area contributed by atoms with Crippen LogP contribution < -0.4 is 0 Å². The third kappa shape index (κ3) is 1.09. The van der Waals surface area contributed by atoms with Crippen LogP contribution in [0.3, 0.4) is 0 Å². The predicted octanol–water partition coefficient (Wildman–Crippen LogP) is 4.42. The number of rotatable bonds is 0. The van der Waals surface area contributed by atoms with Crippen molar-refractivity contribution in [1.29, 1.82) is 0 Å². The van der Waals surface area contributed by atoms with Crippen LogP contribution in [0.2, 0.25) is 0 Å². The molecule has 4 atom stereocenters. The Morgan fingerprint density at radius 2 is 2.00 bits per heavy atom. The van der Waals surface area contributed by atoms with E-state index in [1.54, 1.807) is 5.57 Å². The molecule has 0 N–H and O–H groups in total. The monoisotopic (exact) mass is 204 g/mol. The summed E-state index contributed by atoms with van der Waals surface area (Å²) in [6, 6.07) is 0. The van der Waals surface area contributed by atoms with Crippen LogP contribution >= 0.6 is 0 Å². The van der Waals surface area contributed by atoms with Gasteiger partial charge in [0, 0.05) is 0 Å². The van der Waals surface area contributed by atoms with E-state index in [1.807, 2.05) is 0 Å². The first kappa shape index (κ1) is 9.93. The van der Waals surface area contributed by atoms with E-state index in [0.717, 1.165) is 17.8 Å². The van der Waals surface area contributed by atoms with E-state index in [0.29, 0.717) is 10.8 Å². The molecule has 0 saturated heterocycles. The summed E-state index contributed by atoms with van der Waals surface area (Å²) in [5.74, 6) is 2.82. The third-order valence-electron chi connectivity index (χ3n) is 5.72. The first-order valence-corrected chi connectivity index (χ1v) is 6.64. The standard InChI is InChI=1S/C15H24/c1-10-7-12-8-14(3,4)9-15(12)11(2)5-6-13(10)15/h7,11-13H,5-6,8-9H2,1-4H3/t11-,12?,13+,15-/m1/s1. The van der Waals surface area contributed by atoms with Crippen LogP contribution in [0.5, 0.6) is 0 Å². The molecule has 0 radical (unpaired) electrons. The fraction of sp³-hybridized carbons (Fsp3) is 0.867. The Morgan fingerprint density at radius 1 is 1.27 bits per heavy atom. The normalized spacial score (nSPS) is 51.5. The van der Waals surface area contributed by atoms with Gasteiger partial charge in [-0.05, 0) is 61.2 Å². The lowest BCUT2D eigenvalue weighted by Gasteiger charge is -2.36. The number of allylic oxidation sites excluding steroid dienone is 2. The topological polar surface area (TPSA) is 0 Å². The van der Waals surface area contributed by atoms with Crippen molar-refractivity contribution < 1.29 is 0 Å². The lowest BCUT2D eigenvalue weighted by Crippen LogP contribution is -2.31. The summed E-state index contributed by atoms with van der Waals surface area (Å²) in [6.45, 7) is 9.85. The molecule has 1 spiro atoms. The molecule has 3 rings (SSSR count). The van der Waals surface area contributed by atoms with Crippen molar-refractivity contribution >= 4 is 0 Å². The maximum atomic E-state index is 2.63. The Hall–Kier alpha value is -0.260. The summed E-state index contributed by atoms with van der Waals surface area (Å²) in [6.07, 6.45) is 8.49. The Kier molecular flexibility index (Phi) is 1.79. The van der Waals surface area contributed by atoms with Crippen LogP contribution in [0.25, 0.3) is 0 Å². The third-order valence-corrected chi connectivity index (χ3v) is 5.72. The van der Waals surface area contributed by atoms with Gasteiger partial charge < -0.3 is 0 Å². The lowest BCUT2D eigenvalue weighted by molar-refractivity contribution is 0.135. The highest BCUT2D eigenvalue weighted by Crippen LogP contribution is 2.70. The Morgan fingerprint density at radius 3 is 2.73 bits per heavy atom. The number of hydrogen-bond acceptors (Lipinski definition) is 0. The molecule has 2 saturated carbocycles. The van der Waals surface area contributed by atoms with Gasteiger partial charge in [-0.25, -0.2) is 0 Å². The van der Waals surface area contributed by atoms with Crippen LogP contribution in [0.15, 0.2) is 11.6 Å². The van der Waals surface area contributed by atoms with Crippen LogP contribution in [-0.4, -0.2) is 0 Å². The molecule has 0 aromatic rings. The van der Waals surface area contributed by atoms with Crippen LogP contribution in [-0.2, 0) is 0 Å². The van der Waals surface area contributed by atoms with Gasteiger partial charge in [0.1, 0.15) is 0 Å². The van der Waals surface area contributed by atoms with E-state index in [9.17, 15) is 0 Å². The van der Waals surface area contributed by atoms with E-state index in [4.69, 9.17) is 0 Å². The van der Waals surface area contributed by atoms with Crippen LogP contribution in [0.4, 0.5) is 0 Å². The molecule has 0 aromatic heterocycles. The molecule has 15 heavy (non-hydrogen) atoms. The summed E-state index contributed by atoms with van der Waals surface area (Å²) in [7, 11) is 0. The first-order valence-electron chi connectivity index (χ1n) is 6.64. The second kappa shape index (κ2) is 2.70. The molecule has 0 bridgehead atoms. The minimum atomic E-state index is 0.596. The summed E-state index contributed by atoms with van der Waals surface area (Å²) >= 11 is 0. The highest BCUT2D eigenvalue weighted by molar-refractivity contribution is 5.28. The van der Waals surface area contributed by atoms with Gasteiger partial charge >= 0.3 is 0 Å². The van der Waals surface area contributed by atoms with Crippen molar-refractivity contribution in [3.8, 4) is 0 Å². The van der Waals surface area contributed by atoms with Gasteiger partial charge in [-0.2, -0.15) is 0 Å². The molecule has 0 heterocycles. The van der Waals surface area contributed by atoms with E-state index in [-0.39, 0.29) is 0 Å². The molecule has 0 nitrogen and oxygen atoms in total. The minimum absolute atomic E-state index is 0.596. The molecule has 0 amide bonds. The van der Waals surface area contributed by atoms with Gasteiger partial charge in [0.25, 0.3) is 0 Å². The summed E-state index contributed by atoms with van der Waals surface area (Å²) < 4.78 is 0.